The average molecular weight is 459 g/mol. The summed E-state index contributed by atoms with van der Waals surface area (Å²) in [5.74, 6) is 0.351. The Morgan fingerprint density at radius 3 is 2.70 bits per heavy atom. The summed E-state index contributed by atoms with van der Waals surface area (Å²) < 4.78 is 11.8. The van der Waals surface area contributed by atoms with Crippen molar-refractivity contribution in [3.63, 3.8) is 0 Å². The van der Waals surface area contributed by atoms with Crippen molar-refractivity contribution in [3.05, 3.63) is 57.6 Å². The molecule has 0 spiro atoms. The van der Waals surface area contributed by atoms with Gasteiger partial charge >= 0.3 is 5.97 Å². The number of nitrogens with one attached hydrogen (secondary N) is 1. The zero-order valence-electron chi connectivity index (χ0n) is 18.3. The van der Waals surface area contributed by atoms with Crippen LogP contribution in [-0.4, -0.2) is 39.7 Å². The molecule has 0 aromatic carbocycles. The summed E-state index contributed by atoms with van der Waals surface area (Å²) >= 11 is 1.18. The van der Waals surface area contributed by atoms with Gasteiger partial charge in [-0.2, -0.15) is 10.5 Å². The van der Waals surface area contributed by atoms with E-state index in [1.54, 1.807) is 18.3 Å². The van der Waals surface area contributed by atoms with E-state index in [4.69, 9.17) is 9.47 Å². The van der Waals surface area contributed by atoms with Gasteiger partial charge in [-0.25, -0.2) is 14.8 Å². The molecular formula is C23H18N6O3S. The highest BCUT2D eigenvalue weighted by Gasteiger charge is 2.20. The summed E-state index contributed by atoms with van der Waals surface area (Å²) in [6.45, 7) is 3.79. The van der Waals surface area contributed by atoms with Crippen LogP contribution in [0, 0.1) is 36.5 Å². The summed E-state index contributed by atoms with van der Waals surface area (Å²) in [5.41, 5.74) is 4.49. The quantitative estimate of drug-likeness (QED) is 0.351. The Labute approximate surface area is 193 Å². The summed E-state index contributed by atoms with van der Waals surface area (Å²) in [4.78, 5) is 24.1. The molecule has 0 amide bonds. The molecule has 0 saturated carbocycles. The van der Waals surface area contributed by atoms with E-state index in [2.05, 4.69) is 27.1 Å². The topological polar surface area (TPSA) is 130 Å². The minimum absolute atomic E-state index is 0.340. The lowest BCUT2D eigenvalue weighted by Crippen LogP contribution is -1.99. The molecule has 4 heterocycles. The van der Waals surface area contributed by atoms with Gasteiger partial charge in [0.1, 0.15) is 27.8 Å². The van der Waals surface area contributed by atoms with Gasteiger partial charge in [-0.3, -0.25) is 0 Å². The predicted octanol–water partition coefficient (Wildman–Crippen LogP) is 4.16. The van der Waals surface area contributed by atoms with Crippen LogP contribution in [0.2, 0.25) is 0 Å². The maximum atomic E-state index is 12.0. The zero-order chi connectivity index (χ0) is 23.7. The third kappa shape index (κ3) is 3.84. The fraction of sp³-hybridized carbons (Fsp3) is 0.174. The van der Waals surface area contributed by atoms with Crippen LogP contribution >= 0.6 is 11.3 Å². The highest BCUT2D eigenvalue weighted by atomic mass is 32.1. The van der Waals surface area contributed by atoms with Gasteiger partial charge in [-0.05, 0) is 37.6 Å². The average Bonchev–Trinajstić information content (AvgIpc) is 3.51. The van der Waals surface area contributed by atoms with E-state index in [0.717, 1.165) is 17.0 Å². The van der Waals surface area contributed by atoms with Crippen LogP contribution in [0.3, 0.4) is 0 Å². The number of esters is 1. The lowest BCUT2D eigenvalue weighted by atomic mass is 10.1. The van der Waals surface area contributed by atoms with E-state index in [-0.39, 0.29) is 0 Å². The number of fused-ring (bicyclic) bond motifs is 1. The van der Waals surface area contributed by atoms with Crippen molar-refractivity contribution in [1.29, 1.82) is 10.5 Å². The summed E-state index contributed by atoms with van der Waals surface area (Å²) in [7, 11) is 2.83. The van der Waals surface area contributed by atoms with Crippen molar-refractivity contribution in [3.8, 4) is 23.0 Å². The molecule has 33 heavy (non-hydrogen) atoms. The van der Waals surface area contributed by atoms with E-state index < -0.39 is 5.97 Å². The number of nitriles is 2. The number of carbonyl (C=O) groups excluding carboxylic acids is 1. The molecule has 0 unspecified atom stereocenters. The predicted molar refractivity (Wildman–Crippen MR) is 123 cm³/mol. The van der Waals surface area contributed by atoms with Gasteiger partial charge in [-0.1, -0.05) is 0 Å². The van der Waals surface area contributed by atoms with Crippen LogP contribution in [0.25, 0.3) is 27.7 Å². The first kappa shape index (κ1) is 21.8. The third-order valence-corrected chi connectivity index (χ3v) is 6.22. The molecular weight excluding hydrogens is 440 g/mol. The Balaban J connectivity index is 1.80. The van der Waals surface area contributed by atoms with Gasteiger partial charge in [0.2, 0.25) is 5.88 Å². The number of aromatic amines is 1. The number of pyridine rings is 1. The van der Waals surface area contributed by atoms with E-state index >= 15 is 0 Å². The Morgan fingerprint density at radius 1 is 1.24 bits per heavy atom. The summed E-state index contributed by atoms with van der Waals surface area (Å²) in [6.07, 6.45) is 3.34. The number of methoxy groups -OCH3 is 2. The minimum atomic E-state index is -0.492. The Morgan fingerprint density at radius 2 is 2.03 bits per heavy atom. The number of H-pyrrole nitrogens is 1. The molecule has 0 aliphatic heterocycles. The van der Waals surface area contributed by atoms with Gasteiger partial charge in [-0.15, -0.1) is 11.3 Å². The fourth-order valence-electron chi connectivity index (χ4n) is 3.51. The van der Waals surface area contributed by atoms with Crippen molar-refractivity contribution in [2.24, 2.45) is 0 Å². The number of hydrogen-bond donors (Lipinski definition) is 1. The van der Waals surface area contributed by atoms with E-state index in [0.29, 0.717) is 43.8 Å². The second kappa shape index (κ2) is 8.61. The lowest BCUT2D eigenvalue weighted by Gasteiger charge is -2.07. The van der Waals surface area contributed by atoms with Crippen LogP contribution in [0.4, 0.5) is 0 Å². The Hall–Kier alpha value is -4.41. The molecule has 10 heteroatoms. The second-order valence-corrected chi connectivity index (χ2v) is 8.12. The molecule has 9 nitrogen and oxygen atoms in total. The molecule has 0 atom stereocenters. The number of imidazole rings is 1. The van der Waals surface area contributed by atoms with Crippen molar-refractivity contribution in [1.82, 2.24) is 19.5 Å². The number of aromatic nitrogens is 4. The number of hydrogen-bond acceptors (Lipinski definition) is 8. The summed E-state index contributed by atoms with van der Waals surface area (Å²) in [5, 5.41) is 20.0. The number of aryl methyl sites for hydroxylation is 1. The molecule has 0 saturated heterocycles. The maximum absolute atomic E-state index is 12.0. The molecule has 0 aliphatic rings. The first-order valence-corrected chi connectivity index (χ1v) is 10.5. The van der Waals surface area contributed by atoms with Gasteiger partial charge in [0.05, 0.1) is 42.6 Å². The highest BCUT2D eigenvalue weighted by molar-refractivity contribution is 7.16. The molecule has 4 aromatic rings. The molecule has 0 radical (unpaired) electrons. The van der Waals surface area contributed by atoms with Crippen molar-refractivity contribution < 1.29 is 14.3 Å². The smallest absolute Gasteiger partial charge is 0.348 e. The van der Waals surface area contributed by atoms with Crippen molar-refractivity contribution in [2.45, 2.75) is 13.8 Å². The fourth-order valence-corrected chi connectivity index (χ4v) is 4.65. The van der Waals surface area contributed by atoms with Crippen molar-refractivity contribution in [2.75, 3.05) is 14.2 Å². The normalized spacial score (nSPS) is 11.3. The summed E-state index contributed by atoms with van der Waals surface area (Å²) in [6, 6.07) is 9.47. The Bertz CT molecular complexity index is 1510. The molecule has 0 fully saturated rings. The largest absolute Gasteiger partial charge is 0.481 e. The first-order valence-electron chi connectivity index (χ1n) is 9.73. The second-order valence-electron chi connectivity index (χ2n) is 7.09. The van der Waals surface area contributed by atoms with Crippen LogP contribution in [0.15, 0.2) is 24.4 Å². The number of rotatable bonds is 5. The van der Waals surface area contributed by atoms with Crippen LogP contribution in [-0.2, 0) is 4.74 Å². The van der Waals surface area contributed by atoms with Gasteiger partial charge in [0.25, 0.3) is 0 Å². The monoisotopic (exact) mass is 458 g/mol. The Kier molecular flexibility index (Phi) is 5.69. The number of thiophene rings is 1. The number of carbonyl (C=O) groups is 1. The zero-order valence-corrected chi connectivity index (χ0v) is 19.1. The number of allylic oxidation sites excluding steroid dienone is 1. The van der Waals surface area contributed by atoms with E-state index in [1.807, 2.05) is 24.5 Å². The SMILES string of the molecule is COC(=O)c1cc(C#N)c(-n2c(C)cc(/C=C(\C#N)c3nc4cc(OC)ncc4[nH]3)c2C)s1. The van der Waals surface area contributed by atoms with Crippen molar-refractivity contribution >= 4 is 40.0 Å². The van der Waals surface area contributed by atoms with Crippen LogP contribution in [0.1, 0.15) is 38.0 Å². The van der Waals surface area contributed by atoms with Gasteiger partial charge in [0, 0.05) is 17.5 Å². The minimum Gasteiger partial charge on any atom is -0.481 e. The first-order chi connectivity index (χ1) is 15.9. The molecule has 0 bridgehead atoms. The van der Waals surface area contributed by atoms with Crippen LogP contribution in [0.5, 0.6) is 5.88 Å². The standard InChI is InChI=1S/C23H18N6O3S/c1-12-5-14(13(2)29(12)22-16(10-25)7-19(33-22)23(30)32-4)6-15(9-24)21-27-17-8-20(31-3)26-11-18(17)28-21/h5-8,11H,1-4H3,(H,27,28)/b15-6+. The molecule has 4 rings (SSSR count). The van der Waals surface area contributed by atoms with E-state index in [1.165, 1.54) is 31.6 Å². The third-order valence-electron chi connectivity index (χ3n) is 5.12. The molecule has 1 N–H and O–H groups in total. The highest BCUT2D eigenvalue weighted by Crippen LogP contribution is 2.32. The molecule has 4 aromatic heterocycles. The van der Waals surface area contributed by atoms with E-state index in [9.17, 15) is 15.3 Å². The number of nitrogens with zero attached hydrogens (tertiary/aromatic N) is 5. The molecule has 0 aliphatic carbocycles. The van der Waals surface area contributed by atoms with Crippen LogP contribution < -0.4 is 4.74 Å². The van der Waals surface area contributed by atoms with Gasteiger partial charge < -0.3 is 19.0 Å². The molecule has 164 valence electrons. The maximum Gasteiger partial charge on any atom is 0.348 e. The van der Waals surface area contributed by atoms with Gasteiger partial charge in [0.15, 0.2) is 0 Å². The number of ether oxygens (including phenoxy) is 2. The lowest BCUT2D eigenvalue weighted by molar-refractivity contribution is 0.0606.